The maximum atomic E-state index is 7.87. The molecule has 0 saturated heterocycles. The van der Waals surface area contributed by atoms with Gasteiger partial charge in [-0.2, -0.15) is 0 Å². The monoisotopic (exact) mass is 320 g/mol. The molecule has 2 N–H and O–H groups in total. The summed E-state index contributed by atoms with van der Waals surface area (Å²) >= 11 is 11.9. The van der Waals surface area contributed by atoms with Gasteiger partial charge in [0, 0.05) is 10.7 Å². The molecule has 0 aliphatic rings. The van der Waals surface area contributed by atoms with Crippen molar-refractivity contribution in [1.82, 2.24) is 0 Å². The van der Waals surface area contributed by atoms with Gasteiger partial charge in [0.25, 0.3) is 0 Å². The molecule has 2 rings (SSSR count). The number of nitrogens with one attached hydrogen (secondary N) is 2. The van der Waals surface area contributed by atoms with Crippen LogP contribution in [0.5, 0.6) is 5.75 Å². The van der Waals surface area contributed by atoms with Gasteiger partial charge >= 0.3 is 0 Å². The minimum Gasteiger partial charge on any atom is -0.495 e. The summed E-state index contributed by atoms with van der Waals surface area (Å²) in [6.45, 7) is 0. The zero-order valence-corrected chi connectivity index (χ0v) is 12.9. The Balaban J connectivity index is 2.01. The third-order valence-electron chi connectivity index (χ3n) is 2.74. The molecule has 2 aromatic carbocycles. The Morgan fingerprint density at radius 3 is 2.48 bits per heavy atom. The van der Waals surface area contributed by atoms with Gasteiger partial charge in [-0.15, -0.1) is 0 Å². The minimum atomic E-state index is 0.268. The highest BCUT2D eigenvalue weighted by Crippen LogP contribution is 2.25. The van der Waals surface area contributed by atoms with Crippen LogP contribution in [-0.2, 0) is 0 Å². The lowest BCUT2D eigenvalue weighted by atomic mass is 10.2. The van der Waals surface area contributed by atoms with Gasteiger partial charge in [0.05, 0.1) is 12.1 Å². The van der Waals surface area contributed by atoms with E-state index >= 15 is 0 Å². The van der Waals surface area contributed by atoms with Crippen molar-refractivity contribution in [1.29, 1.82) is 5.41 Å². The van der Waals surface area contributed by atoms with Crippen LogP contribution in [0.3, 0.4) is 0 Å². The predicted molar refractivity (Wildman–Crippen MR) is 89.8 cm³/mol. The van der Waals surface area contributed by atoms with E-state index in [0.717, 1.165) is 11.3 Å². The van der Waals surface area contributed by atoms with E-state index in [0.29, 0.717) is 15.8 Å². The summed E-state index contributed by atoms with van der Waals surface area (Å²) in [6, 6.07) is 12.6. The van der Waals surface area contributed by atoms with E-state index in [2.05, 4.69) is 5.32 Å². The van der Waals surface area contributed by atoms with Gasteiger partial charge in [-0.1, -0.05) is 35.3 Å². The molecule has 0 aromatic heterocycles. The summed E-state index contributed by atoms with van der Waals surface area (Å²) in [5.74, 6) is 0.896. The van der Waals surface area contributed by atoms with Gasteiger partial charge < -0.3 is 10.1 Å². The van der Waals surface area contributed by atoms with Crippen molar-refractivity contribution in [2.75, 3.05) is 12.4 Å². The fourth-order valence-electron chi connectivity index (χ4n) is 1.70. The Labute approximate surface area is 133 Å². The topological polar surface area (TPSA) is 45.1 Å². The van der Waals surface area contributed by atoms with Crippen LogP contribution < -0.4 is 10.1 Å². The summed E-state index contributed by atoms with van der Waals surface area (Å²) in [5.41, 5.74) is 1.70. The lowest BCUT2D eigenvalue weighted by Crippen LogP contribution is -2.06. The van der Waals surface area contributed by atoms with Crippen molar-refractivity contribution in [3.63, 3.8) is 0 Å². The molecule has 0 radical (unpaired) electrons. The Morgan fingerprint density at radius 2 is 1.86 bits per heavy atom. The first-order valence-electron chi connectivity index (χ1n) is 6.21. The zero-order chi connectivity index (χ0) is 15.2. The summed E-state index contributed by atoms with van der Waals surface area (Å²) in [5, 5.41) is 12.0. The maximum Gasteiger partial charge on any atom is 0.137 e. The van der Waals surface area contributed by atoms with E-state index in [9.17, 15) is 0 Å². The van der Waals surface area contributed by atoms with Gasteiger partial charge in [-0.25, -0.2) is 0 Å². The quantitative estimate of drug-likeness (QED) is 0.607. The van der Waals surface area contributed by atoms with Crippen LogP contribution in [0.2, 0.25) is 10.0 Å². The fourth-order valence-corrected chi connectivity index (χ4v) is 2.09. The van der Waals surface area contributed by atoms with Crippen LogP contribution in [0.25, 0.3) is 6.08 Å². The smallest absolute Gasteiger partial charge is 0.137 e. The van der Waals surface area contributed by atoms with Crippen molar-refractivity contribution in [3.8, 4) is 5.75 Å². The third kappa shape index (κ3) is 4.52. The predicted octanol–water partition coefficient (Wildman–Crippen LogP) is 5.10. The van der Waals surface area contributed by atoms with E-state index in [1.807, 2.05) is 18.2 Å². The molecule has 0 fully saturated rings. The van der Waals surface area contributed by atoms with Gasteiger partial charge in [-0.05, 0) is 48.0 Å². The van der Waals surface area contributed by atoms with Crippen molar-refractivity contribution in [3.05, 3.63) is 64.1 Å². The Kier molecular flexibility index (Phi) is 5.26. The number of methoxy groups -OCH3 is 1. The largest absolute Gasteiger partial charge is 0.495 e. The van der Waals surface area contributed by atoms with Gasteiger partial charge in [0.2, 0.25) is 0 Å². The van der Waals surface area contributed by atoms with E-state index in [4.69, 9.17) is 33.3 Å². The third-order valence-corrected chi connectivity index (χ3v) is 3.29. The first kappa shape index (κ1) is 15.4. The van der Waals surface area contributed by atoms with Gasteiger partial charge in [0.15, 0.2) is 0 Å². The molecule has 0 heterocycles. The molecule has 0 atom stereocenters. The molecule has 0 spiro atoms. The molecule has 0 saturated carbocycles. The number of halogens is 2. The number of benzene rings is 2. The molecule has 0 aliphatic carbocycles. The number of ether oxygens (including phenoxy) is 1. The minimum absolute atomic E-state index is 0.268. The fraction of sp³-hybridized carbons (Fsp3) is 0.0625. The average molecular weight is 321 g/mol. The lowest BCUT2D eigenvalue weighted by molar-refractivity contribution is 0.415. The number of hydrogen-bond donors (Lipinski definition) is 2. The lowest BCUT2D eigenvalue weighted by Gasteiger charge is -2.05. The molecule has 21 heavy (non-hydrogen) atoms. The van der Waals surface area contributed by atoms with Gasteiger partial charge in [-0.3, -0.25) is 5.41 Å². The molecule has 3 nitrogen and oxygen atoms in total. The first-order valence-corrected chi connectivity index (χ1v) is 6.97. The Bertz CT molecular complexity index is 666. The highest BCUT2D eigenvalue weighted by molar-refractivity contribution is 6.32. The molecule has 5 heteroatoms. The zero-order valence-electron chi connectivity index (χ0n) is 11.4. The van der Waals surface area contributed by atoms with Crippen molar-refractivity contribution < 1.29 is 4.74 Å². The second-order valence-corrected chi connectivity index (χ2v) is 5.12. The Morgan fingerprint density at radius 1 is 1.14 bits per heavy atom. The summed E-state index contributed by atoms with van der Waals surface area (Å²) in [4.78, 5) is 0. The van der Waals surface area contributed by atoms with Crippen LogP contribution >= 0.6 is 23.2 Å². The van der Waals surface area contributed by atoms with E-state index in [1.54, 1.807) is 43.5 Å². The molecule has 108 valence electrons. The molecular weight excluding hydrogens is 307 g/mol. The molecule has 0 aliphatic heterocycles. The maximum absolute atomic E-state index is 7.87. The molecular formula is C16H14Cl2N2O. The van der Waals surface area contributed by atoms with E-state index in [1.165, 1.54) is 0 Å². The van der Waals surface area contributed by atoms with Crippen molar-refractivity contribution in [2.45, 2.75) is 0 Å². The molecule has 0 bridgehead atoms. The Hall–Kier alpha value is -1.97. The van der Waals surface area contributed by atoms with Crippen molar-refractivity contribution in [2.24, 2.45) is 0 Å². The van der Waals surface area contributed by atoms with Crippen LogP contribution in [0, 0.1) is 5.41 Å². The number of anilines is 1. The highest BCUT2D eigenvalue weighted by Gasteiger charge is 2.00. The number of hydrogen-bond acceptors (Lipinski definition) is 2. The SMILES string of the molecule is COc1ccc(/C=C/C(=N)Nc2ccc(Cl)cc2)cc1Cl. The van der Waals surface area contributed by atoms with Crippen LogP contribution in [0.1, 0.15) is 5.56 Å². The normalized spacial score (nSPS) is 10.6. The van der Waals surface area contributed by atoms with E-state index in [-0.39, 0.29) is 5.84 Å². The van der Waals surface area contributed by atoms with Crippen LogP contribution in [0.15, 0.2) is 48.5 Å². The highest BCUT2D eigenvalue weighted by atomic mass is 35.5. The molecule has 0 unspecified atom stereocenters. The standard InChI is InChI=1S/C16H14Cl2N2O/c1-21-15-8-2-11(10-14(15)18)3-9-16(19)20-13-6-4-12(17)5-7-13/h2-10H,1H3,(H2,19,20)/b9-3+. The summed E-state index contributed by atoms with van der Waals surface area (Å²) in [7, 11) is 1.57. The van der Waals surface area contributed by atoms with Crippen LogP contribution in [-0.4, -0.2) is 12.9 Å². The molecule has 0 amide bonds. The van der Waals surface area contributed by atoms with E-state index < -0.39 is 0 Å². The average Bonchev–Trinajstić information content (AvgIpc) is 2.48. The summed E-state index contributed by atoms with van der Waals surface area (Å²) < 4.78 is 5.09. The molecule has 2 aromatic rings. The number of rotatable bonds is 4. The second-order valence-electron chi connectivity index (χ2n) is 4.27. The summed E-state index contributed by atoms with van der Waals surface area (Å²) in [6.07, 6.45) is 3.46. The first-order chi connectivity index (χ1) is 10.1. The second kappa shape index (κ2) is 7.16. The number of amidine groups is 1. The van der Waals surface area contributed by atoms with Gasteiger partial charge in [0.1, 0.15) is 11.6 Å². The van der Waals surface area contributed by atoms with Crippen molar-refractivity contribution >= 4 is 40.8 Å². The van der Waals surface area contributed by atoms with Crippen LogP contribution in [0.4, 0.5) is 5.69 Å².